The lowest BCUT2D eigenvalue weighted by molar-refractivity contribution is -0.121. The third kappa shape index (κ3) is 2.56. The summed E-state index contributed by atoms with van der Waals surface area (Å²) in [5, 5.41) is 4.77. The number of amides is 2. The Hall–Kier alpha value is -3.14. The molecule has 0 radical (unpaired) electrons. The molecule has 25 heavy (non-hydrogen) atoms. The van der Waals surface area contributed by atoms with Crippen LogP contribution in [0.3, 0.4) is 0 Å². The summed E-state index contributed by atoms with van der Waals surface area (Å²) in [6.45, 7) is 0. The van der Waals surface area contributed by atoms with Gasteiger partial charge in [-0.15, -0.1) is 0 Å². The van der Waals surface area contributed by atoms with Gasteiger partial charge in [-0.1, -0.05) is 48.5 Å². The molecule has 1 atom stereocenters. The van der Waals surface area contributed by atoms with Crippen LogP contribution in [0.4, 0.5) is 5.69 Å². The van der Waals surface area contributed by atoms with Crippen molar-refractivity contribution in [2.75, 3.05) is 11.9 Å². The Kier molecular flexibility index (Phi) is 3.73. The van der Waals surface area contributed by atoms with Crippen molar-refractivity contribution in [3.8, 4) is 0 Å². The maximum Gasteiger partial charge on any atom is 0.259 e. The third-order valence-electron chi connectivity index (χ3n) is 4.74. The Labute approximate surface area is 146 Å². The molecule has 1 N–H and O–H groups in total. The average Bonchev–Trinajstić information content (AvgIpc) is 3.06. The van der Waals surface area contributed by atoms with Crippen LogP contribution in [0.1, 0.15) is 15.9 Å². The molecule has 2 amide bonds. The fraction of sp³-hybridized carbons (Fsp3) is 0.143. The molecule has 0 aromatic heterocycles. The highest BCUT2D eigenvalue weighted by molar-refractivity contribution is 6.12. The molecule has 4 rings (SSSR count). The fourth-order valence-corrected chi connectivity index (χ4v) is 3.47. The van der Waals surface area contributed by atoms with Crippen LogP contribution >= 0.6 is 0 Å². The van der Waals surface area contributed by atoms with Crippen molar-refractivity contribution >= 4 is 28.3 Å². The number of anilines is 1. The molecular formula is C21H18N2O2. The van der Waals surface area contributed by atoms with E-state index in [1.807, 2.05) is 66.7 Å². The standard InChI is InChI=1S/C21H18N2O2/c1-22-20(24)19-13-16-8-4-5-9-18(16)23(19)21(25)17-11-10-14-6-2-3-7-15(14)12-17/h2-12,19H,13H2,1H3,(H,22,24). The number of benzene rings is 3. The van der Waals surface area contributed by atoms with Crippen LogP contribution in [-0.2, 0) is 11.2 Å². The van der Waals surface area contributed by atoms with Gasteiger partial charge < -0.3 is 5.32 Å². The second-order valence-electron chi connectivity index (χ2n) is 6.20. The molecule has 0 saturated heterocycles. The summed E-state index contributed by atoms with van der Waals surface area (Å²) < 4.78 is 0. The van der Waals surface area contributed by atoms with Crippen molar-refractivity contribution in [2.24, 2.45) is 0 Å². The maximum absolute atomic E-state index is 13.2. The molecule has 1 unspecified atom stereocenters. The van der Waals surface area contributed by atoms with Crippen LogP contribution in [0.15, 0.2) is 66.7 Å². The van der Waals surface area contributed by atoms with Crippen LogP contribution in [0, 0.1) is 0 Å². The zero-order valence-electron chi connectivity index (χ0n) is 13.9. The van der Waals surface area contributed by atoms with Crippen molar-refractivity contribution in [3.05, 3.63) is 77.9 Å². The van der Waals surface area contributed by atoms with Gasteiger partial charge in [0.25, 0.3) is 5.91 Å². The van der Waals surface area contributed by atoms with E-state index in [0.29, 0.717) is 12.0 Å². The highest BCUT2D eigenvalue weighted by Gasteiger charge is 2.38. The van der Waals surface area contributed by atoms with Crippen molar-refractivity contribution in [1.82, 2.24) is 5.32 Å². The van der Waals surface area contributed by atoms with Gasteiger partial charge in [-0.05, 0) is 34.5 Å². The lowest BCUT2D eigenvalue weighted by Crippen LogP contribution is -2.47. The Bertz CT molecular complexity index is 980. The normalized spacial score (nSPS) is 15.9. The van der Waals surface area contributed by atoms with Crippen LogP contribution in [0.5, 0.6) is 0 Å². The molecule has 3 aromatic rings. The van der Waals surface area contributed by atoms with Crippen LogP contribution in [0.25, 0.3) is 10.8 Å². The number of hydrogen-bond acceptors (Lipinski definition) is 2. The molecule has 0 bridgehead atoms. The molecule has 0 fully saturated rings. The SMILES string of the molecule is CNC(=O)C1Cc2ccccc2N1C(=O)c1ccc2ccccc2c1. The Morgan fingerprint density at radius 3 is 2.48 bits per heavy atom. The van der Waals surface area contributed by atoms with Crippen molar-refractivity contribution in [3.63, 3.8) is 0 Å². The molecule has 1 heterocycles. The van der Waals surface area contributed by atoms with Gasteiger partial charge >= 0.3 is 0 Å². The number of rotatable bonds is 2. The lowest BCUT2D eigenvalue weighted by Gasteiger charge is -2.24. The van der Waals surface area contributed by atoms with E-state index in [0.717, 1.165) is 22.0 Å². The summed E-state index contributed by atoms with van der Waals surface area (Å²) in [7, 11) is 1.60. The zero-order valence-corrected chi connectivity index (χ0v) is 13.9. The van der Waals surface area contributed by atoms with Gasteiger partial charge in [-0.25, -0.2) is 0 Å². The second kappa shape index (κ2) is 6.06. The third-order valence-corrected chi connectivity index (χ3v) is 4.74. The monoisotopic (exact) mass is 330 g/mol. The first-order valence-electron chi connectivity index (χ1n) is 8.31. The molecule has 0 aliphatic carbocycles. The quantitative estimate of drug-likeness (QED) is 0.785. The number of nitrogens with one attached hydrogen (secondary N) is 1. The fourth-order valence-electron chi connectivity index (χ4n) is 3.47. The van der Waals surface area contributed by atoms with Crippen molar-refractivity contribution in [2.45, 2.75) is 12.5 Å². The molecule has 0 spiro atoms. The predicted octanol–water partition coefficient (Wildman–Crippen LogP) is 3.16. The summed E-state index contributed by atoms with van der Waals surface area (Å²) in [5.41, 5.74) is 2.42. The van der Waals surface area contributed by atoms with Gasteiger partial charge in [0.15, 0.2) is 0 Å². The highest BCUT2D eigenvalue weighted by atomic mass is 16.2. The van der Waals surface area contributed by atoms with E-state index in [2.05, 4.69) is 5.32 Å². The molecule has 0 saturated carbocycles. The Morgan fingerprint density at radius 1 is 0.960 bits per heavy atom. The van der Waals surface area contributed by atoms with Crippen molar-refractivity contribution < 1.29 is 9.59 Å². The molecule has 1 aliphatic rings. The van der Waals surface area contributed by atoms with E-state index in [4.69, 9.17) is 0 Å². The number of carbonyl (C=O) groups is 2. The molecular weight excluding hydrogens is 312 g/mol. The van der Waals surface area contributed by atoms with Gasteiger partial charge in [0.2, 0.25) is 5.91 Å². The number of fused-ring (bicyclic) bond motifs is 2. The summed E-state index contributed by atoms with van der Waals surface area (Å²) in [4.78, 5) is 27.2. The largest absolute Gasteiger partial charge is 0.357 e. The first-order chi connectivity index (χ1) is 12.2. The smallest absolute Gasteiger partial charge is 0.259 e. The van der Waals surface area contributed by atoms with Gasteiger partial charge in [-0.2, -0.15) is 0 Å². The lowest BCUT2D eigenvalue weighted by atomic mass is 10.1. The summed E-state index contributed by atoms with van der Waals surface area (Å²) >= 11 is 0. The van der Waals surface area contributed by atoms with E-state index >= 15 is 0 Å². The molecule has 4 heteroatoms. The maximum atomic E-state index is 13.2. The number of nitrogens with zero attached hydrogens (tertiary/aromatic N) is 1. The van der Waals surface area contributed by atoms with Gasteiger partial charge in [-0.3, -0.25) is 14.5 Å². The first kappa shape index (κ1) is 15.4. The molecule has 1 aliphatic heterocycles. The predicted molar refractivity (Wildman–Crippen MR) is 98.8 cm³/mol. The van der Waals surface area contributed by atoms with Crippen LogP contribution in [-0.4, -0.2) is 24.9 Å². The minimum Gasteiger partial charge on any atom is -0.357 e. The van der Waals surface area contributed by atoms with E-state index in [1.54, 1.807) is 11.9 Å². The Balaban J connectivity index is 1.78. The highest BCUT2D eigenvalue weighted by Crippen LogP contribution is 2.33. The van der Waals surface area contributed by atoms with E-state index in [9.17, 15) is 9.59 Å². The van der Waals surface area contributed by atoms with E-state index in [-0.39, 0.29) is 11.8 Å². The van der Waals surface area contributed by atoms with E-state index < -0.39 is 6.04 Å². The van der Waals surface area contributed by atoms with E-state index in [1.165, 1.54) is 0 Å². The van der Waals surface area contributed by atoms with Crippen molar-refractivity contribution in [1.29, 1.82) is 0 Å². The Morgan fingerprint density at radius 2 is 1.68 bits per heavy atom. The summed E-state index contributed by atoms with van der Waals surface area (Å²) in [6, 6.07) is 20.8. The van der Waals surface area contributed by atoms with Gasteiger partial charge in [0, 0.05) is 24.7 Å². The average molecular weight is 330 g/mol. The number of carbonyl (C=O) groups excluding carboxylic acids is 2. The van der Waals surface area contributed by atoms with Crippen LogP contribution < -0.4 is 10.2 Å². The zero-order chi connectivity index (χ0) is 17.4. The number of para-hydroxylation sites is 1. The summed E-state index contributed by atoms with van der Waals surface area (Å²) in [6.07, 6.45) is 0.537. The van der Waals surface area contributed by atoms with Crippen LogP contribution in [0.2, 0.25) is 0 Å². The second-order valence-corrected chi connectivity index (χ2v) is 6.20. The molecule has 4 nitrogen and oxygen atoms in total. The topological polar surface area (TPSA) is 49.4 Å². The minimum atomic E-state index is -0.513. The first-order valence-corrected chi connectivity index (χ1v) is 8.31. The molecule has 3 aromatic carbocycles. The molecule has 124 valence electrons. The van der Waals surface area contributed by atoms with Gasteiger partial charge in [0.1, 0.15) is 6.04 Å². The minimum absolute atomic E-state index is 0.148. The summed E-state index contributed by atoms with van der Waals surface area (Å²) in [5.74, 6) is -0.297. The number of likely N-dealkylation sites (N-methyl/N-ethyl adjacent to an activating group) is 1. The number of hydrogen-bond donors (Lipinski definition) is 1. The van der Waals surface area contributed by atoms with Gasteiger partial charge in [0.05, 0.1) is 0 Å².